The standard InChI is InChI=1S/C16H18N2O2S/c1-11-15(17)6-3-7-16(11)18-21(19,20)14-9-8-12-4-2-5-13(12)10-14/h3,6-10,18H,2,4-5,17H2,1H3. The van der Waals surface area contributed by atoms with E-state index >= 15 is 0 Å². The SMILES string of the molecule is Cc1c(N)cccc1NS(=O)(=O)c1ccc2c(c1)CCC2. The third kappa shape index (κ3) is 2.61. The van der Waals surface area contributed by atoms with Crippen LogP contribution >= 0.6 is 0 Å². The van der Waals surface area contributed by atoms with Crippen molar-refractivity contribution in [2.45, 2.75) is 31.1 Å². The van der Waals surface area contributed by atoms with Gasteiger partial charge < -0.3 is 5.73 Å². The fourth-order valence-corrected chi connectivity index (χ4v) is 3.86. The van der Waals surface area contributed by atoms with Crippen molar-refractivity contribution in [1.82, 2.24) is 0 Å². The molecule has 2 aromatic rings. The Bertz CT molecular complexity index is 798. The molecule has 0 saturated heterocycles. The Labute approximate surface area is 125 Å². The second-order valence-corrected chi connectivity index (χ2v) is 7.09. The summed E-state index contributed by atoms with van der Waals surface area (Å²) in [4.78, 5) is 0.310. The number of aryl methyl sites for hydroxylation is 2. The van der Waals surface area contributed by atoms with E-state index in [-0.39, 0.29) is 0 Å². The van der Waals surface area contributed by atoms with Crippen molar-refractivity contribution in [1.29, 1.82) is 0 Å². The van der Waals surface area contributed by atoms with Crippen LogP contribution in [0.1, 0.15) is 23.1 Å². The van der Waals surface area contributed by atoms with Crippen LogP contribution in [0.3, 0.4) is 0 Å². The van der Waals surface area contributed by atoms with E-state index < -0.39 is 10.0 Å². The highest BCUT2D eigenvalue weighted by molar-refractivity contribution is 7.92. The van der Waals surface area contributed by atoms with E-state index in [1.165, 1.54) is 5.56 Å². The molecule has 0 unspecified atom stereocenters. The minimum atomic E-state index is -3.58. The number of benzene rings is 2. The van der Waals surface area contributed by atoms with Crippen LogP contribution in [0, 0.1) is 6.92 Å². The summed E-state index contributed by atoms with van der Waals surface area (Å²) in [6.07, 6.45) is 3.09. The lowest BCUT2D eigenvalue weighted by Gasteiger charge is -2.12. The zero-order valence-electron chi connectivity index (χ0n) is 11.9. The van der Waals surface area contributed by atoms with Gasteiger partial charge in [0.15, 0.2) is 0 Å². The predicted molar refractivity (Wildman–Crippen MR) is 84.9 cm³/mol. The highest BCUT2D eigenvalue weighted by Crippen LogP contribution is 2.27. The van der Waals surface area contributed by atoms with Gasteiger partial charge >= 0.3 is 0 Å². The lowest BCUT2D eigenvalue weighted by atomic mass is 10.1. The lowest BCUT2D eigenvalue weighted by Crippen LogP contribution is -2.14. The molecule has 0 amide bonds. The number of anilines is 2. The Morgan fingerprint density at radius 2 is 1.86 bits per heavy atom. The van der Waals surface area contributed by atoms with Crippen LogP contribution in [0.4, 0.5) is 11.4 Å². The predicted octanol–water partition coefficient (Wildman–Crippen LogP) is 2.87. The Hall–Kier alpha value is -2.01. The molecule has 0 aliphatic heterocycles. The topological polar surface area (TPSA) is 72.2 Å². The monoisotopic (exact) mass is 302 g/mol. The molecule has 3 rings (SSSR count). The van der Waals surface area contributed by atoms with Gasteiger partial charge in [-0.2, -0.15) is 0 Å². The highest BCUT2D eigenvalue weighted by Gasteiger charge is 2.19. The van der Waals surface area contributed by atoms with E-state index in [4.69, 9.17) is 5.73 Å². The summed E-state index contributed by atoms with van der Waals surface area (Å²) < 4.78 is 27.7. The van der Waals surface area contributed by atoms with Crippen molar-refractivity contribution < 1.29 is 8.42 Å². The molecule has 1 aliphatic carbocycles. The number of hydrogen-bond acceptors (Lipinski definition) is 3. The zero-order valence-corrected chi connectivity index (χ0v) is 12.7. The summed E-state index contributed by atoms with van der Waals surface area (Å²) in [5, 5.41) is 0. The first-order valence-corrected chi connectivity index (χ1v) is 8.45. The molecule has 110 valence electrons. The van der Waals surface area contributed by atoms with Crippen LogP contribution in [0.15, 0.2) is 41.3 Å². The molecule has 0 fully saturated rings. The van der Waals surface area contributed by atoms with E-state index in [0.29, 0.717) is 16.3 Å². The second-order valence-electron chi connectivity index (χ2n) is 5.41. The van der Waals surface area contributed by atoms with Crippen LogP contribution in [0.2, 0.25) is 0 Å². The molecule has 0 spiro atoms. The molecule has 1 aliphatic rings. The first kappa shape index (κ1) is 13.9. The molecule has 0 saturated carbocycles. The number of nitrogen functional groups attached to an aromatic ring is 1. The van der Waals surface area contributed by atoms with Crippen LogP contribution in [0.25, 0.3) is 0 Å². The number of fused-ring (bicyclic) bond motifs is 1. The van der Waals surface area contributed by atoms with Gasteiger partial charge in [-0.3, -0.25) is 4.72 Å². The fourth-order valence-electron chi connectivity index (χ4n) is 2.68. The van der Waals surface area contributed by atoms with Gasteiger partial charge in [-0.05, 0) is 67.1 Å². The maximum absolute atomic E-state index is 12.5. The lowest BCUT2D eigenvalue weighted by molar-refractivity contribution is 0.601. The van der Waals surface area contributed by atoms with Gasteiger partial charge in [0.05, 0.1) is 10.6 Å². The fraction of sp³-hybridized carbons (Fsp3) is 0.250. The van der Waals surface area contributed by atoms with Crippen molar-refractivity contribution in [2.75, 3.05) is 10.5 Å². The smallest absolute Gasteiger partial charge is 0.261 e. The Morgan fingerprint density at radius 1 is 1.10 bits per heavy atom. The molecule has 0 aromatic heterocycles. The Balaban J connectivity index is 1.96. The number of sulfonamides is 1. The molecule has 5 heteroatoms. The van der Waals surface area contributed by atoms with Crippen LogP contribution in [0.5, 0.6) is 0 Å². The maximum atomic E-state index is 12.5. The first-order valence-electron chi connectivity index (χ1n) is 6.97. The average Bonchev–Trinajstić information content (AvgIpc) is 2.91. The van der Waals surface area contributed by atoms with Crippen molar-refractivity contribution in [3.8, 4) is 0 Å². The molecule has 0 atom stereocenters. The van der Waals surface area contributed by atoms with Gasteiger partial charge in [0.1, 0.15) is 0 Å². The normalized spacial score (nSPS) is 14.0. The zero-order chi connectivity index (χ0) is 15.0. The van der Waals surface area contributed by atoms with Gasteiger partial charge in [-0.25, -0.2) is 8.42 Å². The average molecular weight is 302 g/mol. The number of hydrogen-bond donors (Lipinski definition) is 2. The number of nitrogens with two attached hydrogens (primary N) is 1. The largest absolute Gasteiger partial charge is 0.398 e. The summed E-state index contributed by atoms with van der Waals surface area (Å²) in [5.41, 5.74) is 10.1. The minimum absolute atomic E-state index is 0.310. The molecule has 21 heavy (non-hydrogen) atoms. The molecule has 4 nitrogen and oxygen atoms in total. The molecular formula is C16H18N2O2S. The van der Waals surface area contributed by atoms with E-state index in [1.54, 1.807) is 37.3 Å². The van der Waals surface area contributed by atoms with Crippen molar-refractivity contribution in [3.63, 3.8) is 0 Å². The quantitative estimate of drug-likeness (QED) is 0.856. The van der Waals surface area contributed by atoms with E-state index in [9.17, 15) is 8.42 Å². The molecule has 0 bridgehead atoms. The van der Waals surface area contributed by atoms with Crippen molar-refractivity contribution in [3.05, 3.63) is 53.1 Å². The third-order valence-electron chi connectivity index (χ3n) is 4.00. The second kappa shape index (κ2) is 5.07. The number of nitrogens with one attached hydrogen (secondary N) is 1. The van der Waals surface area contributed by atoms with Gasteiger partial charge in [-0.15, -0.1) is 0 Å². The third-order valence-corrected chi connectivity index (χ3v) is 5.36. The van der Waals surface area contributed by atoms with E-state index in [0.717, 1.165) is 30.4 Å². The molecule has 3 N–H and O–H groups in total. The van der Waals surface area contributed by atoms with Crippen molar-refractivity contribution in [2.24, 2.45) is 0 Å². The van der Waals surface area contributed by atoms with Crippen LogP contribution in [-0.2, 0) is 22.9 Å². The van der Waals surface area contributed by atoms with E-state index in [1.807, 2.05) is 6.07 Å². The summed E-state index contributed by atoms with van der Waals surface area (Å²) >= 11 is 0. The summed E-state index contributed by atoms with van der Waals surface area (Å²) in [6.45, 7) is 1.80. The van der Waals surface area contributed by atoms with E-state index in [2.05, 4.69) is 4.72 Å². The maximum Gasteiger partial charge on any atom is 0.261 e. The van der Waals surface area contributed by atoms with Gasteiger partial charge in [0.2, 0.25) is 0 Å². The molecule has 0 radical (unpaired) electrons. The highest BCUT2D eigenvalue weighted by atomic mass is 32.2. The van der Waals surface area contributed by atoms with Crippen LogP contribution in [-0.4, -0.2) is 8.42 Å². The minimum Gasteiger partial charge on any atom is -0.398 e. The first-order chi connectivity index (χ1) is 9.97. The molecule has 0 heterocycles. The van der Waals surface area contributed by atoms with Gasteiger partial charge in [0, 0.05) is 5.69 Å². The van der Waals surface area contributed by atoms with Gasteiger partial charge in [-0.1, -0.05) is 12.1 Å². The summed E-state index contributed by atoms with van der Waals surface area (Å²) in [6, 6.07) is 10.6. The molecule has 2 aromatic carbocycles. The van der Waals surface area contributed by atoms with Gasteiger partial charge in [0.25, 0.3) is 10.0 Å². The van der Waals surface area contributed by atoms with Crippen molar-refractivity contribution >= 4 is 21.4 Å². The Kier molecular flexibility index (Phi) is 3.37. The van der Waals surface area contributed by atoms with Crippen LogP contribution < -0.4 is 10.5 Å². The number of rotatable bonds is 3. The molecular weight excluding hydrogens is 284 g/mol. The summed E-state index contributed by atoms with van der Waals surface area (Å²) in [5.74, 6) is 0. The summed E-state index contributed by atoms with van der Waals surface area (Å²) in [7, 11) is -3.58. The Morgan fingerprint density at radius 3 is 2.67 bits per heavy atom.